The Bertz CT molecular complexity index is 477. The van der Waals surface area contributed by atoms with E-state index in [1.54, 1.807) is 19.1 Å². The van der Waals surface area contributed by atoms with E-state index in [2.05, 4.69) is 0 Å². The fourth-order valence-electron chi connectivity index (χ4n) is 1.78. The second-order valence-electron chi connectivity index (χ2n) is 4.02. The molecule has 1 aliphatic rings. The van der Waals surface area contributed by atoms with Crippen LogP contribution < -0.4 is 9.47 Å². The quantitative estimate of drug-likeness (QED) is 0.592. The van der Waals surface area contributed by atoms with Gasteiger partial charge in [0.25, 0.3) is 0 Å². The van der Waals surface area contributed by atoms with E-state index >= 15 is 0 Å². The number of benzene rings is 1. The van der Waals surface area contributed by atoms with Crippen molar-refractivity contribution in [1.29, 1.82) is 0 Å². The Labute approximate surface area is 99.5 Å². The van der Waals surface area contributed by atoms with Gasteiger partial charge in [0.15, 0.2) is 11.5 Å². The van der Waals surface area contributed by atoms with Gasteiger partial charge in [-0.2, -0.15) is 0 Å². The molecule has 17 heavy (non-hydrogen) atoms. The van der Waals surface area contributed by atoms with Crippen LogP contribution in [0.15, 0.2) is 12.1 Å². The lowest BCUT2D eigenvalue weighted by atomic mass is 9.99. The van der Waals surface area contributed by atoms with Crippen LogP contribution in [0.3, 0.4) is 0 Å². The van der Waals surface area contributed by atoms with E-state index in [4.69, 9.17) is 9.47 Å². The number of ether oxygens (including phenoxy) is 2. The van der Waals surface area contributed by atoms with E-state index in [0.29, 0.717) is 23.5 Å². The van der Waals surface area contributed by atoms with Crippen molar-refractivity contribution in [2.24, 2.45) is 0 Å². The van der Waals surface area contributed by atoms with E-state index in [1.165, 1.54) is 0 Å². The fourth-order valence-corrected chi connectivity index (χ4v) is 1.78. The summed E-state index contributed by atoms with van der Waals surface area (Å²) < 4.78 is 10.4. The predicted octanol–water partition coefficient (Wildman–Crippen LogP) is 2.28. The van der Waals surface area contributed by atoms with Gasteiger partial charge < -0.3 is 9.47 Å². The summed E-state index contributed by atoms with van der Waals surface area (Å²) in [4.78, 5) is 23.5. The molecule has 1 aromatic carbocycles. The van der Waals surface area contributed by atoms with Gasteiger partial charge in [-0.05, 0) is 31.0 Å². The number of ketones is 2. The molecule has 2 rings (SSSR count). The Morgan fingerprint density at radius 3 is 2.53 bits per heavy atom. The summed E-state index contributed by atoms with van der Waals surface area (Å²) in [5.41, 5.74) is 1.15. The van der Waals surface area contributed by atoms with Crippen molar-refractivity contribution in [2.45, 2.75) is 26.7 Å². The highest BCUT2D eigenvalue weighted by Crippen LogP contribution is 2.34. The molecule has 0 fully saturated rings. The van der Waals surface area contributed by atoms with Crippen LogP contribution >= 0.6 is 0 Å². The van der Waals surface area contributed by atoms with Crippen LogP contribution in [0.2, 0.25) is 0 Å². The highest BCUT2D eigenvalue weighted by Gasteiger charge is 2.22. The molecule has 0 amide bonds. The van der Waals surface area contributed by atoms with E-state index in [1.807, 2.05) is 6.92 Å². The molecule has 0 atom stereocenters. The van der Waals surface area contributed by atoms with Gasteiger partial charge >= 0.3 is 0 Å². The molecule has 1 heterocycles. The van der Waals surface area contributed by atoms with E-state index in [0.717, 1.165) is 5.56 Å². The lowest BCUT2D eigenvalue weighted by Crippen LogP contribution is -2.14. The lowest BCUT2D eigenvalue weighted by Gasteiger charge is -2.05. The molecule has 0 spiro atoms. The van der Waals surface area contributed by atoms with Crippen molar-refractivity contribution in [3.8, 4) is 11.5 Å². The molecule has 1 aromatic rings. The molecule has 0 aliphatic carbocycles. The molecule has 0 N–H and O–H groups in total. The summed E-state index contributed by atoms with van der Waals surface area (Å²) in [6.45, 7) is 3.82. The molecular formula is C13H14O4. The van der Waals surface area contributed by atoms with Crippen molar-refractivity contribution in [3.63, 3.8) is 0 Å². The summed E-state index contributed by atoms with van der Waals surface area (Å²) in [7, 11) is 0. The third kappa shape index (κ3) is 2.16. The first-order chi connectivity index (χ1) is 8.13. The second-order valence-corrected chi connectivity index (χ2v) is 4.02. The van der Waals surface area contributed by atoms with Gasteiger partial charge in [-0.25, -0.2) is 0 Å². The van der Waals surface area contributed by atoms with Crippen molar-refractivity contribution in [1.82, 2.24) is 0 Å². The van der Waals surface area contributed by atoms with Gasteiger partial charge in [-0.3, -0.25) is 9.59 Å². The average molecular weight is 234 g/mol. The Balaban J connectivity index is 2.33. The Kier molecular flexibility index (Phi) is 3.13. The van der Waals surface area contributed by atoms with Crippen molar-refractivity contribution >= 4 is 11.6 Å². The van der Waals surface area contributed by atoms with Gasteiger partial charge in [0.1, 0.15) is 0 Å². The van der Waals surface area contributed by atoms with Crippen LogP contribution in [0.4, 0.5) is 0 Å². The Morgan fingerprint density at radius 1 is 1.24 bits per heavy atom. The number of aryl methyl sites for hydroxylation is 1. The van der Waals surface area contributed by atoms with E-state index in [-0.39, 0.29) is 19.0 Å². The molecule has 4 heteroatoms. The summed E-state index contributed by atoms with van der Waals surface area (Å²) in [5, 5.41) is 0. The topological polar surface area (TPSA) is 52.6 Å². The molecule has 4 nitrogen and oxygen atoms in total. The second kappa shape index (κ2) is 4.57. The number of carbonyl (C=O) groups excluding carboxylic acids is 2. The summed E-state index contributed by atoms with van der Waals surface area (Å²) >= 11 is 0. The Hall–Kier alpha value is -1.84. The number of Topliss-reactive ketones (excluding diaryl/α,β-unsaturated/α-hetero) is 2. The average Bonchev–Trinajstić information content (AvgIpc) is 2.74. The minimum absolute atomic E-state index is 0.162. The van der Waals surface area contributed by atoms with Crippen LogP contribution in [-0.2, 0) is 4.79 Å². The summed E-state index contributed by atoms with van der Waals surface area (Å²) in [6, 6.07) is 3.32. The largest absolute Gasteiger partial charge is 0.454 e. The summed E-state index contributed by atoms with van der Waals surface area (Å²) in [6.07, 6.45) is 0.959. The minimum atomic E-state index is -0.442. The van der Waals surface area contributed by atoms with Crippen molar-refractivity contribution in [3.05, 3.63) is 23.3 Å². The first-order valence-corrected chi connectivity index (χ1v) is 5.61. The standard InChI is InChI=1S/C13H14O4/c1-3-4-10(14)13(15)9-6-12-11(5-8(9)2)16-7-17-12/h5-6H,3-4,7H2,1-2H3. The highest BCUT2D eigenvalue weighted by atomic mass is 16.7. The molecular weight excluding hydrogens is 220 g/mol. The highest BCUT2D eigenvalue weighted by molar-refractivity contribution is 6.44. The van der Waals surface area contributed by atoms with Gasteiger partial charge in [0, 0.05) is 12.0 Å². The predicted molar refractivity (Wildman–Crippen MR) is 61.5 cm³/mol. The third-order valence-electron chi connectivity index (χ3n) is 2.69. The lowest BCUT2D eigenvalue weighted by molar-refractivity contribution is -0.115. The number of hydrogen-bond acceptors (Lipinski definition) is 4. The monoisotopic (exact) mass is 234 g/mol. The van der Waals surface area contributed by atoms with Gasteiger partial charge in [-0.15, -0.1) is 0 Å². The molecule has 0 radical (unpaired) electrons. The molecule has 0 bridgehead atoms. The number of carbonyl (C=O) groups is 2. The van der Waals surface area contributed by atoms with Gasteiger partial charge in [0.2, 0.25) is 18.4 Å². The smallest absolute Gasteiger partial charge is 0.231 e. The molecule has 90 valence electrons. The number of fused-ring (bicyclic) bond motifs is 1. The SMILES string of the molecule is CCCC(=O)C(=O)c1cc2c(cc1C)OCO2. The van der Waals surface area contributed by atoms with Crippen LogP contribution in [0.1, 0.15) is 35.7 Å². The maximum atomic E-state index is 11.9. The first kappa shape index (κ1) is 11.6. The third-order valence-corrected chi connectivity index (χ3v) is 2.69. The number of rotatable bonds is 4. The Morgan fingerprint density at radius 2 is 1.88 bits per heavy atom. The van der Waals surface area contributed by atoms with Gasteiger partial charge in [-0.1, -0.05) is 6.92 Å². The van der Waals surface area contributed by atoms with Crippen LogP contribution in [0.25, 0.3) is 0 Å². The normalized spacial score (nSPS) is 12.6. The molecule has 1 aliphatic heterocycles. The van der Waals surface area contributed by atoms with Gasteiger partial charge in [0.05, 0.1) is 0 Å². The van der Waals surface area contributed by atoms with Crippen LogP contribution in [0.5, 0.6) is 11.5 Å². The molecule has 0 aromatic heterocycles. The maximum Gasteiger partial charge on any atom is 0.231 e. The molecule has 0 unspecified atom stereocenters. The number of hydrogen-bond donors (Lipinski definition) is 0. The minimum Gasteiger partial charge on any atom is -0.454 e. The van der Waals surface area contributed by atoms with Crippen LogP contribution in [0, 0.1) is 6.92 Å². The summed E-state index contributed by atoms with van der Waals surface area (Å²) in [5.74, 6) is 0.363. The molecule has 0 saturated heterocycles. The van der Waals surface area contributed by atoms with E-state index < -0.39 is 5.78 Å². The van der Waals surface area contributed by atoms with Crippen LogP contribution in [-0.4, -0.2) is 18.4 Å². The zero-order chi connectivity index (χ0) is 12.4. The zero-order valence-corrected chi connectivity index (χ0v) is 9.91. The van der Waals surface area contributed by atoms with Crippen molar-refractivity contribution < 1.29 is 19.1 Å². The molecule has 0 saturated carbocycles. The first-order valence-electron chi connectivity index (χ1n) is 5.61. The fraction of sp³-hybridized carbons (Fsp3) is 0.385. The zero-order valence-electron chi connectivity index (χ0n) is 9.91. The van der Waals surface area contributed by atoms with E-state index in [9.17, 15) is 9.59 Å². The maximum absolute atomic E-state index is 11.9. The van der Waals surface area contributed by atoms with Crippen molar-refractivity contribution in [2.75, 3.05) is 6.79 Å².